The first-order valence-electron chi connectivity index (χ1n) is 8.93. The Bertz CT molecular complexity index is 1080. The Balaban J connectivity index is 1.33. The smallest absolute Gasteiger partial charge is 0.230 e. The zero-order valence-electron chi connectivity index (χ0n) is 15.5. The Morgan fingerprint density at radius 3 is 2.83 bits per heavy atom. The van der Waals surface area contributed by atoms with Crippen LogP contribution in [0.25, 0.3) is 0 Å². The van der Waals surface area contributed by atoms with Crippen LogP contribution in [0, 0.1) is 0 Å². The molecular weight excluding hydrogens is 449 g/mol. The molecule has 1 amide bonds. The highest BCUT2D eigenvalue weighted by Gasteiger charge is 2.28. The molecule has 0 aliphatic carbocycles. The third-order valence-corrected chi connectivity index (χ3v) is 5.84. The largest absolute Gasteiger partial charge is 0.485 e. The lowest BCUT2D eigenvalue weighted by atomic mass is 10.2. The van der Waals surface area contributed by atoms with Crippen LogP contribution < -0.4 is 20.6 Å². The predicted molar refractivity (Wildman–Crippen MR) is 115 cm³/mol. The van der Waals surface area contributed by atoms with Crippen LogP contribution in [0.1, 0.15) is 17.5 Å². The van der Waals surface area contributed by atoms with Crippen LogP contribution in [0.5, 0.6) is 11.5 Å². The average Bonchev–Trinajstić information content (AvgIpc) is 3.11. The van der Waals surface area contributed by atoms with Crippen LogP contribution in [0.15, 0.2) is 47.6 Å². The number of nitrogens with two attached hydrogens (primary N) is 1. The number of aromatic nitrogens is 3. The van der Waals surface area contributed by atoms with E-state index in [1.54, 1.807) is 18.2 Å². The maximum Gasteiger partial charge on any atom is 0.230 e. The molecule has 3 aromatic rings. The number of nitrogen functional groups attached to an aromatic ring is 1. The second-order valence-electron chi connectivity index (χ2n) is 6.38. The molecule has 4 rings (SSSR count). The van der Waals surface area contributed by atoms with E-state index in [0.29, 0.717) is 39.1 Å². The minimum absolute atomic E-state index is 0.116. The van der Waals surface area contributed by atoms with Crippen LogP contribution in [0.4, 0.5) is 0 Å². The van der Waals surface area contributed by atoms with Crippen LogP contribution in [0.2, 0.25) is 10.0 Å². The number of amides is 1. The van der Waals surface area contributed by atoms with Crippen molar-refractivity contribution in [2.45, 2.75) is 17.8 Å². The highest BCUT2D eigenvalue weighted by atomic mass is 35.5. The number of hydrogen-bond donors (Lipinski definition) is 2. The van der Waals surface area contributed by atoms with Gasteiger partial charge in [0.15, 0.2) is 23.4 Å². The molecule has 1 aromatic heterocycles. The van der Waals surface area contributed by atoms with Crippen LogP contribution >= 0.6 is 35.0 Å². The Hall–Kier alpha value is -2.62. The minimum atomic E-state index is -0.493. The van der Waals surface area contributed by atoms with Crippen LogP contribution in [-0.2, 0) is 11.3 Å². The van der Waals surface area contributed by atoms with Crippen LogP contribution in [-0.4, -0.2) is 33.1 Å². The van der Waals surface area contributed by atoms with E-state index in [1.165, 1.54) is 16.4 Å². The van der Waals surface area contributed by atoms with E-state index in [0.717, 1.165) is 5.56 Å². The number of carbonyl (C=O) groups is 1. The van der Waals surface area contributed by atoms with Gasteiger partial charge in [-0.3, -0.25) is 4.79 Å². The molecule has 0 saturated carbocycles. The van der Waals surface area contributed by atoms with Gasteiger partial charge in [0.05, 0.1) is 5.75 Å². The maximum absolute atomic E-state index is 12.2. The lowest BCUT2D eigenvalue weighted by molar-refractivity contribution is -0.118. The molecule has 156 valence electrons. The van der Waals surface area contributed by atoms with Gasteiger partial charge in [-0.2, -0.15) is 0 Å². The van der Waals surface area contributed by atoms with Gasteiger partial charge in [-0.15, -0.1) is 10.2 Å². The van der Waals surface area contributed by atoms with Crippen molar-refractivity contribution in [3.05, 3.63) is 63.9 Å². The Morgan fingerprint density at radius 2 is 2.03 bits per heavy atom. The van der Waals surface area contributed by atoms with Gasteiger partial charge in [0.1, 0.15) is 6.61 Å². The van der Waals surface area contributed by atoms with E-state index in [-0.39, 0.29) is 18.3 Å². The molecule has 2 aromatic carbocycles. The summed E-state index contributed by atoms with van der Waals surface area (Å²) in [4.78, 5) is 12.2. The highest BCUT2D eigenvalue weighted by molar-refractivity contribution is 7.99. The van der Waals surface area contributed by atoms with Gasteiger partial charge < -0.3 is 20.6 Å². The molecule has 1 aliphatic rings. The number of ether oxygens (including phenoxy) is 2. The number of rotatable bonds is 6. The molecule has 0 saturated heterocycles. The third-order valence-electron chi connectivity index (χ3n) is 4.31. The molecule has 0 spiro atoms. The van der Waals surface area contributed by atoms with Gasteiger partial charge >= 0.3 is 0 Å². The molecular formula is C19H17Cl2N5O3S. The zero-order valence-corrected chi connectivity index (χ0v) is 17.9. The lowest BCUT2D eigenvalue weighted by Crippen LogP contribution is -2.28. The molecule has 8 nitrogen and oxygen atoms in total. The number of nitrogens with zero attached hydrogens (tertiary/aromatic N) is 3. The van der Waals surface area contributed by atoms with E-state index < -0.39 is 6.10 Å². The fourth-order valence-corrected chi connectivity index (χ4v) is 3.96. The van der Waals surface area contributed by atoms with E-state index in [1.807, 2.05) is 24.3 Å². The monoisotopic (exact) mass is 465 g/mol. The molecule has 3 N–H and O–H groups in total. The summed E-state index contributed by atoms with van der Waals surface area (Å²) >= 11 is 13.2. The second-order valence-corrected chi connectivity index (χ2v) is 8.16. The summed E-state index contributed by atoms with van der Waals surface area (Å²) in [6.07, 6.45) is -0.493. The first-order chi connectivity index (χ1) is 14.5. The van der Waals surface area contributed by atoms with Gasteiger partial charge in [0, 0.05) is 16.6 Å². The Morgan fingerprint density at radius 1 is 1.23 bits per heavy atom. The van der Waals surface area contributed by atoms with Crippen molar-refractivity contribution >= 4 is 40.9 Å². The van der Waals surface area contributed by atoms with Gasteiger partial charge in [-0.25, -0.2) is 4.68 Å². The maximum atomic E-state index is 12.2. The molecule has 0 unspecified atom stereocenters. The molecule has 0 fully saturated rings. The van der Waals surface area contributed by atoms with Crippen molar-refractivity contribution in [1.82, 2.24) is 20.2 Å². The molecule has 1 atom stereocenters. The van der Waals surface area contributed by atoms with Gasteiger partial charge in [-0.05, 0) is 29.8 Å². The van der Waals surface area contributed by atoms with Crippen molar-refractivity contribution in [2.75, 3.05) is 18.2 Å². The number of hydrogen-bond acceptors (Lipinski definition) is 7. The second kappa shape index (κ2) is 9.03. The Labute approximate surface area is 186 Å². The molecule has 11 heteroatoms. The summed E-state index contributed by atoms with van der Waals surface area (Å²) < 4.78 is 12.9. The number of benzene rings is 2. The van der Waals surface area contributed by atoms with E-state index in [4.69, 9.17) is 38.5 Å². The summed E-state index contributed by atoms with van der Waals surface area (Å²) in [7, 11) is 0. The zero-order chi connectivity index (χ0) is 21.1. The van der Waals surface area contributed by atoms with Gasteiger partial charge in [-0.1, -0.05) is 53.2 Å². The first-order valence-corrected chi connectivity index (χ1v) is 10.7. The van der Waals surface area contributed by atoms with Crippen LogP contribution in [0.3, 0.4) is 0 Å². The Kier molecular flexibility index (Phi) is 6.21. The van der Waals surface area contributed by atoms with Crippen molar-refractivity contribution in [3.63, 3.8) is 0 Å². The first kappa shape index (κ1) is 20.6. The normalized spacial score (nSPS) is 15.1. The average molecular weight is 466 g/mol. The number of thioether (sulfide) groups is 1. The van der Waals surface area contributed by atoms with Gasteiger partial charge in [0.2, 0.25) is 11.1 Å². The predicted octanol–water partition coefficient (Wildman–Crippen LogP) is 3.22. The number of nitrogens with one attached hydrogen (secondary N) is 1. The quantitative estimate of drug-likeness (QED) is 0.425. The van der Waals surface area contributed by atoms with E-state index >= 15 is 0 Å². The number of para-hydroxylation sites is 2. The summed E-state index contributed by atoms with van der Waals surface area (Å²) in [5, 5.41) is 12.4. The summed E-state index contributed by atoms with van der Waals surface area (Å²) in [5.41, 5.74) is 0.776. The third kappa shape index (κ3) is 4.58. The SMILES string of the molecule is Nn1c(SCC(=O)NCc2ccc(Cl)cc2Cl)nnc1[C@H]1COc2ccccc2O1. The summed E-state index contributed by atoms with van der Waals surface area (Å²) in [6, 6.07) is 12.5. The lowest BCUT2D eigenvalue weighted by Gasteiger charge is -2.25. The van der Waals surface area contributed by atoms with Crippen molar-refractivity contribution in [1.29, 1.82) is 0 Å². The fourth-order valence-electron chi connectivity index (χ4n) is 2.79. The van der Waals surface area contributed by atoms with Crippen molar-refractivity contribution in [3.8, 4) is 11.5 Å². The minimum Gasteiger partial charge on any atom is -0.485 e. The molecule has 0 radical (unpaired) electrons. The number of carbonyl (C=O) groups excluding carboxylic acids is 1. The topological polar surface area (TPSA) is 104 Å². The highest BCUT2D eigenvalue weighted by Crippen LogP contribution is 2.35. The van der Waals surface area contributed by atoms with Crippen molar-refractivity contribution in [2.24, 2.45) is 0 Å². The molecule has 0 bridgehead atoms. The van der Waals surface area contributed by atoms with E-state index in [2.05, 4.69) is 15.5 Å². The molecule has 2 heterocycles. The standard InChI is InChI=1S/C19H17Cl2N5O3S/c20-12-6-5-11(13(21)7-12)8-23-17(27)10-30-19-25-24-18(26(19)22)16-9-28-14-3-1-2-4-15(14)29-16/h1-7,16H,8-10,22H2,(H,23,27)/t16-/m1/s1. The number of fused-ring (bicyclic) bond motifs is 1. The summed E-state index contributed by atoms with van der Waals surface area (Å²) in [5.74, 6) is 7.74. The number of halogens is 2. The fraction of sp³-hybridized carbons (Fsp3) is 0.211. The van der Waals surface area contributed by atoms with E-state index in [9.17, 15) is 4.79 Å². The summed E-state index contributed by atoms with van der Waals surface area (Å²) in [6.45, 7) is 0.558. The van der Waals surface area contributed by atoms with Crippen molar-refractivity contribution < 1.29 is 14.3 Å². The van der Waals surface area contributed by atoms with Gasteiger partial charge in [0.25, 0.3) is 0 Å². The molecule has 30 heavy (non-hydrogen) atoms. The molecule has 1 aliphatic heterocycles.